The Morgan fingerprint density at radius 3 is 2.84 bits per heavy atom. The highest BCUT2D eigenvalue weighted by molar-refractivity contribution is 9.10. The van der Waals surface area contributed by atoms with Gasteiger partial charge in [-0.3, -0.25) is 0 Å². The van der Waals surface area contributed by atoms with Gasteiger partial charge in [0.05, 0.1) is 0 Å². The molecule has 2 nitrogen and oxygen atoms in total. The molecule has 0 bridgehead atoms. The molecule has 98 valence electrons. The fraction of sp³-hybridized carbons (Fsp3) is 0.200. The smallest absolute Gasteiger partial charge is 0.129 e. The van der Waals surface area contributed by atoms with Gasteiger partial charge in [-0.2, -0.15) is 0 Å². The van der Waals surface area contributed by atoms with Gasteiger partial charge >= 0.3 is 0 Å². The number of nitrogens with zero attached hydrogens (tertiary/aromatic N) is 1. The fourth-order valence-electron chi connectivity index (χ4n) is 2.48. The maximum atomic E-state index is 13.9. The van der Waals surface area contributed by atoms with Gasteiger partial charge in [0, 0.05) is 34.5 Å². The normalized spacial score (nSPS) is 13.7. The summed E-state index contributed by atoms with van der Waals surface area (Å²) in [5.41, 5.74) is 9.70. The van der Waals surface area contributed by atoms with E-state index in [-0.39, 0.29) is 5.82 Å². The summed E-state index contributed by atoms with van der Waals surface area (Å²) in [6, 6.07) is 11.1. The van der Waals surface area contributed by atoms with Crippen LogP contribution in [-0.2, 0) is 13.0 Å². The molecule has 1 heterocycles. The van der Waals surface area contributed by atoms with Crippen molar-refractivity contribution < 1.29 is 4.39 Å². The van der Waals surface area contributed by atoms with Gasteiger partial charge in [-0.1, -0.05) is 28.1 Å². The van der Waals surface area contributed by atoms with Crippen molar-refractivity contribution in [1.82, 2.24) is 0 Å². The summed E-state index contributed by atoms with van der Waals surface area (Å²) < 4.78 is 14.6. The van der Waals surface area contributed by atoms with E-state index in [1.54, 1.807) is 0 Å². The number of fused-ring (bicyclic) bond motifs is 1. The zero-order valence-electron chi connectivity index (χ0n) is 10.4. The van der Waals surface area contributed by atoms with Crippen molar-refractivity contribution in [2.75, 3.05) is 17.2 Å². The summed E-state index contributed by atoms with van der Waals surface area (Å²) in [5.74, 6) is -0.174. The number of benzene rings is 2. The van der Waals surface area contributed by atoms with Gasteiger partial charge in [0.25, 0.3) is 0 Å². The molecule has 0 saturated carbocycles. The van der Waals surface area contributed by atoms with E-state index in [0.717, 1.165) is 28.8 Å². The molecule has 3 rings (SSSR count). The fourth-order valence-corrected chi connectivity index (χ4v) is 2.82. The highest BCUT2D eigenvalue weighted by Gasteiger charge is 2.20. The van der Waals surface area contributed by atoms with Gasteiger partial charge in [-0.15, -0.1) is 0 Å². The molecule has 0 spiro atoms. The second-order valence-electron chi connectivity index (χ2n) is 4.80. The molecule has 1 aliphatic rings. The first-order valence-electron chi connectivity index (χ1n) is 6.21. The third-order valence-corrected chi connectivity index (χ3v) is 3.97. The van der Waals surface area contributed by atoms with Gasteiger partial charge in [0.1, 0.15) is 5.82 Å². The number of rotatable bonds is 2. The molecule has 2 aromatic carbocycles. The molecule has 0 atom stereocenters. The SMILES string of the molecule is Nc1ccc2c(c1)N(Cc1ccc(Br)cc1F)CC2. The average molecular weight is 321 g/mol. The summed E-state index contributed by atoms with van der Waals surface area (Å²) in [5, 5.41) is 0. The summed E-state index contributed by atoms with van der Waals surface area (Å²) in [6.07, 6.45) is 0.994. The Morgan fingerprint density at radius 2 is 2.05 bits per heavy atom. The molecule has 0 aromatic heterocycles. The molecule has 19 heavy (non-hydrogen) atoms. The van der Waals surface area contributed by atoms with Crippen molar-refractivity contribution in [3.05, 3.63) is 57.8 Å². The summed E-state index contributed by atoms with van der Waals surface area (Å²) in [4.78, 5) is 2.18. The largest absolute Gasteiger partial charge is 0.399 e. The predicted molar refractivity (Wildman–Crippen MR) is 79.7 cm³/mol. The second-order valence-corrected chi connectivity index (χ2v) is 5.71. The van der Waals surface area contributed by atoms with E-state index in [0.29, 0.717) is 12.1 Å². The van der Waals surface area contributed by atoms with Crippen LogP contribution in [0, 0.1) is 5.82 Å². The minimum Gasteiger partial charge on any atom is -0.399 e. The maximum absolute atomic E-state index is 13.9. The summed E-state index contributed by atoms with van der Waals surface area (Å²) in [6.45, 7) is 1.49. The average Bonchev–Trinajstić information content (AvgIpc) is 2.75. The lowest BCUT2D eigenvalue weighted by Crippen LogP contribution is -2.20. The van der Waals surface area contributed by atoms with Gasteiger partial charge in [0.2, 0.25) is 0 Å². The molecule has 0 amide bonds. The first-order chi connectivity index (χ1) is 9.13. The third kappa shape index (κ3) is 2.45. The van der Waals surface area contributed by atoms with E-state index >= 15 is 0 Å². The standard InChI is InChI=1S/C15H14BrFN2/c16-12-3-1-11(14(17)7-12)9-19-6-5-10-2-4-13(18)8-15(10)19/h1-4,7-8H,5-6,9,18H2. The quantitative estimate of drug-likeness (QED) is 0.854. The van der Waals surface area contributed by atoms with Gasteiger partial charge in [-0.05, 0) is 36.2 Å². The zero-order valence-corrected chi connectivity index (χ0v) is 12.0. The van der Waals surface area contributed by atoms with Crippen LogP contribution in [-0.4, -0.2) is 6.54 Å². The molecule has 0 fully saturated rings. The van der Waals surface area contributed by atoms with E-state index < -0.39 is 0 Å². The van der Waals surface area contributed by atoms with Gasteiger partial charge in [-0.25, -0.2) is 4.39 Å². The van der Waals surface area contributed by atoms with Crippen LogP contribution < -0.4 is 10.6 Å². The zero-order chi connectivity index (χ0) is 13.4. The Balaban J connectivity index is 1.88. The maximum Gasteiger partial charge on any atom is 0.129 e. The van der Waals surface area contributed by atoms with E-state index in [2.05, 4.69) is 26.9 Å². The Hall–Kier alpha value is -1.55. The Bertz CT molecular complexity index is 628. The summed E-state index contributed by atoms with van der Waals surface area (Å²) >= 11 is 3.27. The third-order valence-electron chi connectivity index (χ3n) is 3.48. The molecule has 1 aliphatic heterocycles. The molecular formula is C15H14BrFN2. The lowest BCUT2D eigenvalue weighted by molar-refractivity contribution is 0.605. The molecule has 0 aliphatic carbocycles. The monoisotopic (exact) mass is 320 g/mol. The molecule has 0 saturated heterocycles. The van der Waals surface area contributed by atoms with Crippen LogP contribution in [0.4, 0.5) is 15.8 Å². The predicted octanol–water partition coefficient (Wildman–Crippen LogP) is 3.73. The van der Waals surface area contributed by atoms with Gasteiger partial charge in [0.15, 0.2) is 0 Å². The molecule has 2 aromatic rings. The van der Waals surface area contributed by atoms with Crippen LogP contribution in [0.3, 0.4) is 0 Å². The minimum absolute atomic E-state index is 0.174. The van der Waals surface area contributed by atoms with Crippen LogP contribution in [0.25, 0.3) is 0 Å². The van der Waals surface area contributed by atoms with Crippen molar-refractivity contribution in [3.63, 3.8) is 0 Å². The van der Waals surface area contributed by atoms with Crippen molar-refractivity contribution in [3.8, 4) is 0 Å². The molecule has 0 radical (unpaired) electrons. The van der Waals surface area contributed by atoms with E-state index in [4.69, 9.17) is 5.73 Å². The molecular weight excluding hydrogens is 307 g/mol. The lowest BCUT2D eigenvalue weighted by atomic mass is 10.1. The molecule has 2 N–H and O–H groups in total. The Labute approximate surface area is 120 Å². The van der Waals surface area contributed by atoms with Crippen LogP contribution in [0.1, 0.15) is 11.1 Å². The Kier molecular flexibility index (Phi) is 3.19. The van der Waals surface area contributed by atoms with Crippen LogP contribution in [0.2, 0.25) is 0 Å². The highest BCUT2D eigenvalue weighted by atomic mass is 79.9. The number of halogens is 2. The number of hydrogen-bond donors (Lipinski definition) is 1. The molecule has 4 heteroatoms. The number of nitrogen functional groups attached to an aromatic ring is 1. The van der Waals surface area contributed by atoms with Crippen molar-refractivity contribution in [2.45, 2.75) is 13.0 Å². The molecule has 0 unspecified atom stereocenters. The first kappa shape index (κ1) is 12.5. The number of hydrogen-bond acceptors (Lipinski definition) is 2. The van der Waals surface area contributed by atoms with Crippen molar-refractivity contribution in [2.24, 2.45) is 0 Å². The Morgan fingerprint density at radius 1 is 1.21 bits per heavy atom. The van der Waals surface area contributed by atoms with E-state index in [1.807, 2.05) is 24.3 Å². The van der Waals surface area contributed by atoms with Gasteiger partial charge < -0.3 is 10.6 Å². The van der Waals surface area contributed by atoms with Crippen LogP contribution >= 0.6 is 15.9 Å². The first-order valence-corrected chi connectivity index (χ1v) is 7.00. The minimum atomic E-state index is -0.174. The van der Waals surface area contributed by atoms with Crippen LogP contribution in [0.5, 0.6) is 0 Å². The van der Waals surface area contributed by atoms with E-state index in [9.17, 15) is 4.39 Å². The summed E-state index contributed by atoms with van der Waals surface area (Å²) in [7, 11) is 0. The van der Waals surface area contributed by atoms with Crippen molar-refractivity contribution >= 4 is 27.3 Å². The lowest BCUT2D eigenvalue weighted by Gasteiger charge is -2.20. The van der Waals surface area contributed by atoms with Crippen molar-refractivity contribution in [1.29, 1.82) is 0 Å². The number of anilines is 2. The number of nitrogens with two attached hydrogens (primary N) is 1. The topological polar surface area (TPSA) is 29.3 Å². The van der Waals surface area contributed by atoms with E-state index in [1.165, 1.54) is 11.6 Å². The highest BCUT2D eigenvalue weighted by Crippen LogP contribution is 2.31. The second kappa shape index (κ2) is 4.85. The van der Waals surface area contributed by atoms with Crippen LogP contribution in [0.15, 0.2) is 40.9 Å².